The van der Waals surface area contributed by atoms with Gasteiger partial charge in [0.05, 0.1) is 0 Å². The molecule has 0 heterocycles. The van der Waals surface area contributed by atoms with E-state index in [0.717, 1.165) is 23.8 Å². The lowest BCUT2D eigenvalue weighted by Crippen LogP contribution is -2.19. The average Bonchev–Trinajstić information content (AvgIpc) is 3.00. The third-order valence-electron chi connectivity index (χ3n) is 4.95. The second-order valence-corrected chi connectivity index (χ2v) is 6.23. The summed E-state index contributed by atoms with van der Waals surface area (Å²) in [7, 11) is 0. The molecule has 0 spiro atoms. The number of nitrogens with two attached hydrogens (primary N) is 1. The Morgan fingerprint density at radius 2 is 2.10 bits per heavy atom. The Bertz CT molecular complexity index is 466. The van der Waals surface area contributed by atoms with Crippen molar-refractivity contribution in [1.82, 2.24) is 0 Å². The third kappa shape index (κ3) is 2.95. The van der Waals surface area contributed by atoms with Gasteiger partial charge in [-0.05, 0) is 61.1 Å². The highest BCUT2D eigenvalue weighted by Crippen LogP contribution is 2.50. The highest BCUT2D eigenvalue weighted by Gasteiger charge is 2.39. The zero-order valence-corrected chi connectivity index (χ0v) is 11.5. The Morgan fingerprint density at radius 3 is 2.75 bits per heavy atom. The van der Waals surface area contributed by atoms with Gasteiger partial charge in [-0.1, -0.05) is 18.6 Å². The van der Waals surface area contributed by atoms with Gasteiger partial charge in [0.15, 0.2) is 0 Å². The maximum atomic E-state index is 12.2. The van der Waals surface area contributed by atoms with Gasteiger partial charge in [-0.15, -0.1) is 0 Å². The molecule has 4 atom stereocenters. The van der Waals surface area contributed by atoms with Crippen molar-refractivity contribution in [2.24, 2.45) is 23.5 Å². The lowest BCUT2D eigenvalue weighted by atomic mass is 9.83. The Labute approximate surface area is 118 Å². The van der Waals surface area contributed by atoms with Crippen LogP contribution in [0.4, 0.5) is 8.78 Å². The van der Waals surface area contributed by atoms with Crippen LogP contribution in [-0.4, -0.2) is 6.61 Å². The van der Waals surface area contributed by atoms with Crippen LogP contribution in [0.15, 0.2) is 24.3 Å². The number of hydrogen-bond acceptors (Lipinski definition) is 2. The molecule has 0 aromatic heterocycles. The molecule has 1 aromatic carbocycles. The lowest BCUT2D eigenvalue weighted by molar-refractivity contribution is -0.0499. The molecule has 0 amide bonds. The van der Waals surface area contributed by atoms with Crippen LogP contribution < -0.4 is 10.5 Å². The van der Waals surface area contributed by atoms with E-state index in [1.807, 2.05) is 6.07 Å². The molecule has 1 aromatic rings. The molecule has 0 saturated heterocycles. The average molecular weight is 281 g/mol. The van der Waals surface area contributed by atoms with Crippen LogP contribution in [0, 0.1) is 17.8 Å². The number of benzene rings is 1. The van der Waals surface area contributed by atoms with Crippen LogP contribution in [0.3, 0.4) is 0 Å². The van der Waals surface area contributed by atoms with E-state index in [9.17, 15) is 8.78 Å². The zero-order chi connectivity index (χ0) is 14.1. The molecular formula is C16H21F2NO. The van der Waals surface area contributed by atoms with E-state index in [2.05, 4.69) is 4.74 Å². The summed E-state index contributed by atoms with van der Waals surface area (Å²) in [4.78, 5) is 0. The van der Waals surface area contributed by atoms with Crippen molar-refractivity contribution in [3.05, 3.63) is 29.8 Å². The fraction of sp³-hybridized carbons (Fsp3) is 0.625. The predicted octanol–water partition coefficient (Wildman–Crippen LogP) is 4.11. The van der Waals surface area contributed by atoms with Crippen LogP contribution >= 0.6 is 0 Å². The number of hydrogen-bond donors (Lipinski definition) is 1. The van der Waals surface area contributed by atoms with Gasteiger partial charge in [-0.2, -0.15) is 8.78 Å². The van der Waals surface area contributed by atoms with Crippen molar-refractivity contribution in [2.45, 2.75) is 44.8 Å². The van der Waals surface area contributed by atoms with Gasteiger partial charge in [0.25, 0.3) is 0 Å². The smallest absolute Gasteiger partial charge is 0.387 e. The molecular weight excluding hydrogens is 260 g/mol. The Hall–Kier alpha value is -1.16. The maximum Gasteiger partial charge on any atom is 0.387 e. The number of rotatable bonds is 5. The molecule has 3 rings (SSSR count). The molecule has 0 radical (unpaired) electrons. The molecule has 2 nitrogen and oxygen atoms in total. The molecule has 20 heavy (non-hydrogen) atoms. The minimum absolute atomic E-state index is 0.0828. The topological polar surface area (TPSA) is 35.2 Å². The first kappa shape index (κ1) is 13.8. The van der Waals surface area contributed by atoms with Crippen molar-refractivity contribution in [3.8, 4) is 5.75 Å². The molecule has 2 saturated carbocycles. The van der Waals surface area contributed by atoms with Gasteiger partial charge in [0, 0.05) is 6.04 Å². The van der Waals surface area contributed by atoms with Crippen LogP contribution in [0.2, 0.25) is 0 Å². The quantitative estimate of drug-likeness (QED) is 0.881. The van der Waals surface area contributed by atoms with Crippen molar-refractivity contribution >= 4 is 0 Å². The maximum absolute atomic E-state index is 12.2. The number of alkyl halides is 2. The first-order valence-electron chi connectivity index (χ1n) is 7.42. The zero-order valence-electron chi connectivity index (χ0n) is 11.5. The van der Waals surface area contributed by atoms with Crippen LogP contribution in [0.25, 0.3) is 0 Å². The fourth-order valence-corrected chi connectivity index (χ4v) is 4.05. The van der Waals surface area contributed by atoms with E-state index in [-0.39, 0.29) is 11.8 Å². The standard InChI is InChI=1S/C16H21F2NO/c17-16(18)20-14-3-1-2-12(8-14)15(19)9-13-7-10-4-5-11(13)6-10/h1-3,8,10-11,13,15-16H,4-7,9,19H2. The van der Waals surface area contributed by atoms with E-state index in [1.54, 1.807) is 18.2 Å². The normalized spacial score (nSPS) is 29.9. The Kier molecular flexibility index (Phi) is 3.92. The first-order chi connectivity index (χ1) is 9.61. The van der Waals surface area contributed by atoms with E-state index in [1.165, 1.54) is 25.7 Å². The second kappa shape index (κ2) is 5.68. The van der Waals surface area contributed by atoms with E-state index in [4.69, 9.17) is 5.73 Å². The van der Waals surface area contributed by atoms with E-state index in [0.29, 0.717) is 5.92 Å². The number of fused-ring (bicyclic) bond motifs is 2. The molecule has 4 unspecified atom stereocenters. The Balaban J connectivity index is 1.63. The summed E-state index contributed by atoms with van der Waals surface area (Å²) in [6, 6.07) is 6.73. The largest absolute Gasteiger partial charge is 0.435 e. The molecule has 0 aliphatic heterocycles. The highest BCUT2D eigenvalue weighted by atomic mass is 19.3. The molecule has 4 heteroatoms. The van der Waals surface area contributed by atoms with Gasteiger partial charge < -0.3 is 10.5 Å². The molecule has 2 bridgehead atoms. The van der Waals surface area contributed by atoms with E-state index >= 15 is 0 Å². The fourth-order valence-electron chi connectivity index (χ4n) is 4.05. The van der Waals surface area contributed by atoms with Gasteiger partial charge in [-0.3, -0.25) is 0 Å². The molecule has 2 aliphatic carbocycles. The Morgan fingerprint density at radius 1 is 1.25 bits per heavy atom. The van der Waals surface area contributed by atoms with Crippen molar-refractivity contribution in [2.75, 3.05) is 0 Å². The van der Waals surface area contributed by atoms with Crippen molar-refractivity contribution < 1.29 is 13.5 Å². The molecule has 2 aliphatic rings. The molecule has 2 fully saturated rings. The second-order valence-electron chi connectivity index (χ2n) is 6.23. The summed E-state index contributed by atoms with van der Waals surface area (Å²) in [6.07, 6.45) is 6.35. The van der Waals surface area contributed by atoms with Crippen LogP contribution in [0.1, 0.15) is 43.7 Å². The summed E-state index contributed by atoms with van der Waals surface area (Å²) in [5, 5.41) is 0. The number of ether oxygens (including phenoxy) is 1. The van der Waals surface area contributed by atoms with Gasteiger partial charge in [0.2, 0.25) is 0 Å². The van der Waals surface area contributed by atoms with Crippen LogP contribution in [0.5, 0.6) is 5.75 Å². The first-order valence-corrected chi connectivity index (χ1v) is 7.42. The summed E-state index contributed by atoms with van der Waals surface area (Å²) in [5.74, 6) is 2.65. The van der Waals surface area contributed by atoms with E-state index < -0.39 is 6.61 Å². The van der Waals surface area contributed by atoms with Gasteiger partial charge in [-0.25, -0.2) is 0 Å². The monoisotopic (exact) mass is 281 g/mol. The minimum Gasteiger partial charge on any atom is -0.435 e. The van der Waals surface area contributed by atoms with Gasteiger partial charge in [0.1, 0.15) is 5.75 Å². The SMILES string of the molecule is NC(CC1CC2CCC1C2)c1cccc(OC(F)F)c1. The van der Waals surface area contributed by atoms with Crippen molar-refractivity contribution in [1.29, 1.82) is 0 Å². The highest BCUT2D eigenvalue weighted by molar-refractivity contribution is 5.30. The summed E-state index contributed by atoms with van der Waals surface area (Å²) in [6.45, 7) is -2.79. The van der Waals surface area contributed by atoms with Gasteiger partial charge >= 0.3 is 6.61 Å². The minimum atomic E-state index is -2.79. The number of halogens is 2. The molecule has 2 N–H and O–H groups in total. The van der Waals surface area contributed by atoms with Crippen molar-refractivity contribution in [3.63, 3.8) is 0 Å². The summed E-state index contributed by atoms with van der Waals surface area (Å²) in [5.41, 5.74) is 7.16. The summed E-state index contributed by atoms with van der Waals surface area (Å²) >= 11 is 0. The third-order valence-corrected chi connectivity index (χ3v) is 4.95. The predicted molar refractivity (Wildman–Crippen MR) is 73.6 cm³/mol. The lowest BCUT2D eigenvalue weighted by Gasteiger charge is -2.25. The molecule has 110 valence electrons. The summed E-state index contributed by atoms with van der Waals surface area (Å²) < 4.78 is 28.9. The van der Waals surface area contributed by atoms with Crippen LogP contribution in [-0.2, 0) is 0 Å².